The van der Waals surface area contributed by atoms with E-state index in [0.29, 0.717) is 17.6 Å². The molecule has 2 rings (SSSR count). The average Bonchev–Trinajstić information content (AvgIpc) is 2.84. The van der Waals surface area contributed by atoms with Crippen molar-refractivity contribution in [1.82, 2.24) is 5.32 Å². The normalized spacial score (nSPS) is 33.1. The van der Waals surface area contributed by atoms with E-state index in [2.05, 4.69) is 11.4 Å². The molecule has 2 fully saturated rings. The van der Waals surface area contributed by atoms with E-state index < -0.39 is 0 Å². The monoisotopic (exact) mass is 194 g/mol. The Bertz CT molecular complexity index is 236. The Morgan fingerprint density at radius 3 is 2.71 bits per heavy atom. The highest BCUT2D eigenvalue weighted by Crippen LogP contribution is 2.48. The van der Waals surface area contributed by atoms with Crippen LogP contribution in [0.25, 0.3) is 0 Å². The molecule has 78 valence electrons. The zero-order valence-corrected chi connectivity index (χ0v) is 8.75. The van der Waals surface area contributed by atoms with Crippen LogP contribution in [0.15, 0.2) is 0 Å². The van der Waals surface area contributed by atoms with Gasteiger partial charge in [0.2, 0.25) is 0 Å². The lowest BCUT2D eigenvalue weighted by Crippen LogP contribution is -2.46. The summed E-state index contributed by atoms with van der Waals surface area (Å²) in [4.78, 5) is 0. The molecule has 0 bridgehead atoms. The van der Waals surface area contributed by atoms with Crippen LogP contribution >= 0.6 is 0 Å². The number of nitrogens with zero attached hydrogens (tertiary/aromatic N) is 1. The van der Waals surface area contributed by atoms with Gasteiger partial charge in [0.15, 0.2) is 0 Å². The summed E-state index contributed by atoms with van der Waals surface area (Å²) in [6.45, 7) is 1.03. The van der Waals surface area contributed by atoms with Crippen molar-refractivity contribution in [1.29, 1.82) is 5.26 Å². The fraction of sp³-hybridized carbons (Fsp3) is 0.909. The van der Waals surface area contributed by atoms with E-state index in [4.69, 9.17) is 10.00 Å². The largest absolute Gasteiger partial charge is 0.381 e. The van der Waals surface area contributed by atoms with Crippen molar-refractivity contribution in [3.05, 3.63) is 0 Å². The van der Waals surface area contributed by atoms with E-state index in [1.807, 2.05) is 0 Å². The summed E-state index contributed by atoms with van der Waals surface area (Å²) in [7, 11) is 1.78. The Labute approximate surface area is 85.4 Å². The second kappa shape index (κ2) is 3.88. The molecule has 0 amide bonds. The summed E-state index contributed by atoms with van der Waals surface area (Å²) in [5.41, 5.74) is 0.340. The van der Waals surface area contributed by atoms with Gasteiger partial charge in [-0.1, -0.05) is 0 Å². The molecule has 0 spiro atoms. The minimum Gasteiger partial charge on any atom is -0.381 e. The predicted octanol–water partition coefficient (Wildman–Crippen LogP) is 1.45. The van der Waals surface area contributed by atoms with Gasteiger partial charge in [0.05, 0.1) is 12.2 Å². The van der Waals surface area contributed by atoms with Gasteiger partial charge in [0, 0.05) is 26.1 Å². The highest BCUT2D eigenvalue weighted by molar-refractivity contribution is 5.01. The molecule has 14 heavy (non-hydrogen) atoms. The number of hydrogen-bond acceptors (Lipinski definition) is 3. The van der Waals surface area contributed by atoms with Crippen molar-refractivity contribution in [2.75, 3.05) is 13.7 Å². The van der Waals surface area contributed by atoms with E-state index in [1.165, 1.54) is 12.8 Å². The molecular formula is C11H18N2O. The van der Waals surface area contributed by atoms with Gasteiger partial charge in [-0.05, 0) is 31.1 Å². The third-order valence-corrected chi connectivity index (χ3v) is 3.61. The molecule has 0 aliphatic heterocycles. The van der Waals surface area contributed by atoms with E-state index in [0.717, 1.165) is 25.8 Å². The molecule has 2 aliphatic carbocycles. The maximum Gasteiger partial charge on any atom is 0.0628 e. The number of ether oxygens (including phenoxy) is 1. The molecule has 0 aromatic carbocycles. The summed E-state index contributed by atoms with van der Waals surface area (Å²) in [5, 5.41) is 12.2. The van der Waals surface area contributed by atoms with Gasteiger partial charge in [-0.25, -0.2) is 0 Å². The van der Waals surface area contributed by atoms with Gasteiger partial charge >= 0.3 is 0 Å². The second-order valence-corrected chi connectivity index (χ2v) is 4.74. The van der Waals surface area contributed by atoms with Crippen LogP contribution in [0.2, 0.25) is 0 Å². The fourth-order valence-corrected chi connectivity index (χ4v) is 2.05. The van der Waals surface area contributed by atoms with E-state index in [1.54, 1.807) is 7.11 Å². The Morgan fingerprint density at radius 2 is 2.21 bits per heavy atom. The van der Waals surface area contributed by atoms with Crippen LogP contribution in [0.4, 0.5) is 0 Å². The Balaban J connectivity index is 1.62. The van der Waals surface area contributed by atoms with Crippen molar-refractivity contribution in [3.8, 4) is 6.07 Å². The van der Waals surface area contributed by atoms with Crippen molar-refractivity contribution in [2.24, 2.45) is 5.41 Å². The topological polar surface area (TPSA) is 45.0 Å². The molecule has 0 unspecified atom stereocenters. The first-order chi connectivity index (χ1) is 6.78. The number of hydrogen-bond donors (Lipinski definition) is 1. The van der Waals surface area contributed by atoms with Gasteiger partial charge in [-0.15, -0.1) is 0 Å². The van der Waals surface area contributed by atoms with E-state index >= 15 is 0 Å². The molecule has 0 heterocycles. The maximum atomic E-state index is 8.66. The van der Waals surface area contributed by atoms with Crippen molar-refractivity contribution < 1.29 is 4.74 Å². The van der Waals surface area contributed by atoms with Crippen LogP contribution in [-0.2, 0) is 4.74 Å². The first-order valence-electron chi connectivity index (χ1n) is 5.41. The van der Waals surface area contributed by atoms with Crippen LogP contribution in [0, 0.1) is 16.7 Å². The lowest BCUT2D eigenvalue weighted by atomic mass is 9.88. The van der Waals surface area contributed by atoms with Crippen molar-refractivity contribution in [3.63, 3.8) is 0 Å². The standard InChI is InChI=1S/C11H18N2O/c1-14-10-6-9(7-10)13-8-11(2-3-11)4-5-12/h9-10,13H,2-4,6-8H2,1H3. The third-order valence-electron chi connectivity index (χ3n) is 3.61. The quantitative estimate of drug-likeness (QED) is 0.720. The van der Waals surface area contributed by atoms with Crippen LogP contribution in [0.1, 0.15) is 32.1 Å². The molecule has 1 N–H and O–H groups in total. The van der Waals surface area contributed by atoms with Crippen LogP contribution in [-0.4, -0.2) is 25.8 Å². The second-order valence-electron chi connectivity index (χ2n) is 4.74. The summed E-state index contributed by atoms with van der Waals surface area (Å²) >= 11 is 0. The Kier molecular flexibility index (Phi) is 2.76. The van der Waals surface area contributed by atoms with Gasteiger partial charge in [0.1, 0.15) is 0 Å². The third kappa shape index (κ3) is 2.08. The first kappa shape index (κ1) is 9.95. The number of methoxy groups -OCH3 is 1. The number of nitrogens with one attached hydrogen (secondary N) is 1. The molecule has 0 aromatic heterocycles. The molecule has 0 atom stereocenters. The molecule has 3 heteroatoms. The van der Waals surface area contributed by atoms with Crippen molar-refractivity contribution >= 4 is 0 Å². The van der Waals surface area contributed by atoms with Crippen molar-refractivity contribution in [2.45, 2.75) is 44.2 Å². The highest BCUT2D eigenvalue weighted by Gasteiger charge is 2.43. The molecular weight excluding hydrogens is 176 g/mol. The minimum absolute atomic E-state index is 0.340. The average molecular weight is 194 g/mol. The molecule has 0 saturated heterocycles. The Hall–Kier alpha value is -0.590. The maximum absolute atomic E-state index is 8.66. The fourth-order valence-electron chi connectivity index (χ4n) is 2.05. The van der Waals surface area contributed by atoms with Gasteiger partial charge in [0.25, 0.3) is 0 Å². The zero-order valence-electron chi connectivity index (χ0n) is 8.75. The van der Waals surface area contributed by atoms with Crippen LogP contribution < -0.4 is 5.32 Å². The molecule has 2 saturated carbocycles. The summed E-state index contributed by atoms with van der Waals surface area (Å²) in [6, 6.07) is 2.92. The SMILES string of the molecule is COC1CC(NCC2(CC#N)CC2)C1. The zero-order chi connectivity index (χ0) is 10.0. The summed E-state index contributed by atoms with van der Waals surface area (Å²) in [6.07, 6.45) is 5.93. The number of nitriles is 1. The highest BCUT2D eigenvalue weighted by atomic mass is 16.5. The lowest BCUT2D eigenvalue weighted by molar-refractivity contribution is 0.0161. The predicted molar refractivity (Wildman–Crippen MR) is 53.7 cm³/mol. The van der Waals surface area contributed by atoms with E-state index in [9.17, 15) is 0 Å². The minimum atomic E-state index is 0.340. The smallest absolute Gasteiger partial charge is 0.0628 e. The van der Waals surface area contributed by atoms with Gasteiger partial charge in [-0.3, -0.25) is 0 Å². The van der Waals surface area contributed by atoms with Crippen LogP contribution in [0.5, 0.6) is 0 Å². The van der Waals surface area contributed by atoms with E-state index in [-0.39, 0.29) is 0 Å². The first-order valence-corrected chi connectivity index (χ1v) is 5.41. The molecule has 0 radical (unpaired) electrons. The van der Waals surface area contributed by atoms with Gasteiger partial charge in [-0.2, -0.15) is 5.26 Å². The molecule has 0 aromatic rings. The lowest BCUT2D eigenvalue weighted by Gasteiger charge is -2.35. The van der Waals surface area contributed by atoms with Gasteiger partial charge < -0.3 is 10.1 Å². The summed E-state index contributed by atoms with van der Waals surface area (Å²) < 4.78 is 5.22. The Morgan fingerprint density at radius 1 is 1.50 bits per heavy atom. The number of rotatable bonds is 5. The van der Waals surface area contributed by atoms with Crippen LogP contribution in [0.3, 0.4) is 0 Å². The molecule has 3 nitrogen and oxygen atoms in total. The summed E-state index contributed by atoms with van der Waals surface area (Å²) in [5.74, 6) is 0. The molecule has 2 aliphatic rings.